The lowest BCUT2D eigenvalue weighted by molar-refractivity contribution is 0.593. The summed E-state index contributed by atoms with van der Waals surface area (Å²) in [6.07, 6.45) is 0.911. The quantitative estimate of drug-likeness (QED) is 0.859. The zero-order chi connectivity index (χ0) is 15.6. The van der Waals surface area contributed by atoms with Crippen LogP contribution in [-0.4, -0.2) is 25.7 Å². The lowest BCUT2D eigenvalue weighted by atomic mass is 10.1. The molecule has 0 spiro atoms. The van der Waals surface area contributed by atoms with Gasteiger partial charge in [0.25, 0.3) is 10.0 Å². The summed E-state index contributed by atoms with van der Waals surface area (Å²) in [7, 11) is -2.16. The molecule has 0 amide bonds. The molecule has 0 aliphatic heterocycles. The van der Waals surface area contributed by atoms with E-state index in [2.05, 4.69) is 17.1 Å². The van der Waals surface area contributed by atoms with Crippen LogP contribution in [0.25, 0.3) is 0 Å². The monoisotopic (exact) mass is 327 g/mol. The van der Waals surface area contributed by atoms with Crippen molar-refractivity contribution in [2.75, 3.05) is 11.4 Å². The Balaban J connectivity index is 2.44. The number of halogens is 1. The molecule has 0 bridgehead atoms. The average Bonchev–Trinajstić information content (AvgIpc) is 2.88. The smallest absolute Gasteiger partial charge is 0.267 e. The van der Waals surface area contributed by atoms with Crippen molar-refractivity contribution in [3.8, 4) is 0 Å². The highest BCUT2D eigenvalue weighted by Gasteiger charge is 2.28. The summed E-state index contributed by atoms with van der Waals surface area (Å²) in [4.78, 5) is 0.152. The molecule has 2 aromatic rings. The van der Waals surface area contributed by atoms with Crippen molar-refractivity contribution in [1.82, 2.24) is 10.2 Å². The first kappa shape index (κ1) is 15.9. The van der Waals surface area contributed by atoms with Crippen LogP contribution in [-0.2, 0) is 22.3 Å². The molecule has 0 saturated carbocycles. The molecule has 1 N–H and O–H groups in total. The van der Waals surface area contributed by atoms with Crippen molar-refractivity contribution in [3.63, 3.8) is 0 Å². The highest BCUT2D eigenvalue weighted by atomic mass is 35.5. The molecule has 0 atom stereocenters. The Morgan fingerprint density at radius 2 is 1.90 bits per heavy atom. The first-order valence-electron chi connectivity index (χ1n) is 6.59. The number of alkyl halides is 1. The number of hydrogen-bond donors (Lipinski definition) is 1. The molecular formula is C14H18ClN3O2S. The highest BCUT2D eigenvalue weighted by Crippen LogP contribution is 2.26. The van der Waals surface area contributed by atoms with Crippen LogP contribution in [0, 0.1) is 6.92 Å². The molecular weight excluding hydrogens is 310 g/mol. The number of hydrogen-bond acceptors (Lipinski definition) is 3. The van der Waals surface area contributed by atoms with Gasteiger partial charge in [-0.2, -0.15) is 5.10 Å². The predicted octanol–water partition coefficient (Wildman–Crippen LogP) is 2.84. The Bertz CT molecular complexity index is 723. The minimum absolute atomic E-state index is 0.0432. The van der Waals surface area contributed by atoms with Crippen LogP contribution in [0.3, 0.4) is 0 Å². The number of nitrogens with zero attached hydrogens (tertiary/aromatic N) is 2. The first-order chi connectivity index (χ1) is 9.91. The minimum Gasteiger partial charge on any atom is -0.281 e. The van der Waals surface area contributed by atoms with E-state index in [9.17, 15) is 8.42 Å². The number of aromatic nitrogens is 2. The maximum atomic E-state index is 12.8. The summed E-state index contributed by atoms with van der Waals surface area (Å²) in [5, 5.41) is 6.62. The van der Waals surface area contributed by atoms with Gasteiger partial charge in [0.15, 0.2) is 0 Å². The molecule has 5 nitrogen and oxygen atoms in total. The summed E-state index contributed by atoms with van der Waals surface area (Å²) in [6, 6.07) is 7.44. The molecule has 21 heavy (non-hydrogen) atoms. The van der Waals surface area contributed by atoms with Gasteiger partial charge in [0.2, 0.25) is 0 Å². The molecule has 1 aromatic carbocycles. The third-order valence-corrected chi connectivity index (χ3v) is 5.66. The van der Waals surface area contributed by atoms with Crippen molar-refractivity contribution < 1.29 is 8.42 Å². The molecule has 7 heteroatoms. The fraction of sp³-hybridized carbons (Fsp3) is 0.357. The van der Waals surface area contributed by atoms with Gasteiger partial charge in [-0.05, 0) is 31.0 Å². The van der Waals surface area contributed by atoms with Crippen molar-refractivity contribution in [2.24, 2.45) is 0 Å². The average molecular weight is 328 g/mol. The van der Waals surface area contributed by atoms with Crippen LogP contribution in [0.15, 0.2) is 29.2 Å². The van der Waals surface area contributed by atoms with Crippen LogP contribution in [0.4, 0.5) is 5.69 Å². The molecule has 114 valence electrons. The number of anilines is 1. The van der Waals surface area contributed by atoms with E-state index in [1.54, 1.807) is 19.1 Å². The Morgan fingerprint density at radius 1 is 1.29 bits per heavy atom. The fourth-order valence-corrected chi connectivity index (χ4v) is 3.91. The van der Waals surface area contributed by atoms with Gasteiger partial charge in [-0.3, -0.25) is 9.40 Å². The summed E-state index contributed by atoms with van der Waals surface area (Å²) in [5.74, 6) is 0.0432. The van der Waals surface area contributed by atoms with Gasteiger partial charge in [-0.1, -0.05) is 19.1 Å². The normalized spacial score (nSPS) is 11.6. The second kappa shape index (κ2) is 6.07. The van der Waals surface area contributed by atoms with E-state index in [-0.39, 0.29) is 10.8 Å². The van der Waals surface area contributed by atoms with Crippen molar-refractivity contribution >= 4 is 27.3 Å². The minimum atomic E-state index is -3.69. The number of aromatic amines is 1. The molecule has 0 aliphatic carbocycles. The number of H-pyrrole nitrogens is 1. The third-order valence-electron chi connectivity index (χ3n) is 3.41. The molecule has 2 rings (SSSR count). The topological polar surface area (TPSA) is 66.1 Å². The maximum absolute atomic E-state index is 12.8. The van der Waals surface area contributed by atoms with E-state index in [4.69, 9.17) is 11.6 Å². The Kier molecular flexibility index (Phi) is 4.58. The summed E-state index contributed by atoms with van der Waals surface area (Å²) in [6.45, 7) is 3.72. The van der Waals surface area contributed by atoms with E-state index in [1.807, 2.05) is 12.1 Å². The maximum Gasteiger partial charge on any atom is 0.267 e. The largest absolute Gasteiger partial charge is 0.281 e. The van der Waals surface area contributed by atoms with Crippen LogP contribution in [0.2, 0.25) is 0 Å². The van der Waals surface area contributed by atoms with E-state index < -0.39 is 10.0 Å². The Hall–Kier alpha value is -1.53. The van der Waals surface area contributed by atoms with Gasteiger partial charge in [0.1, 0.15) is 4.90 Å². The second-order valence-electron chi connectivity index (χ2n) is 4.75. The highest BCUT2D eigenvalue weighted by molar-refractivity contribution is 7.92. The zero-order valence-electron chi connectivity index (χ0n) is 12.2. The Morgan fingerprint density at radius 3 is 2.43 bits per heavy atom. The zero-order valence-corrected chi connectivity index (χ0v) is 13.8. The van der Waals surface area contributed by atoms with Gasteiger partial charge in [0, 0.05) is 7.05 Å². The second-order valence-corrected chi connectivity index (χ2v) is 6.92. The van der Waals surface area contributed by atoms with E-state index in [1.165, 1.54) is 11.4 Å². The standard InChI is InChI=1S/C14H18ClN3O2S/c1-4-11-5-7-12(8-6-11)18(3)21(19,20)14-10(2)16-17-13(14)9-15/h5-8H,4,9H2,1-3H3,(H,16,17). The lowest BCUT2D eigenvalue weighted by Gasteiger charge is -2.20. The molecule has 0 fully saturated rings. The molecule has 1 aromatic heterocycles. The molecule has 0 unspecified atom stereocenters. The summed E-state index contributed by atoms with van der Waals surface area (Å²) < 4.78 is 26.8. The molecule has 0 saturated heterocycles. The van der Waals surface area contributed by atoms with E-state index >= 15 is 0 Å². The van der Waals surface area contributed by atoms with E-state index in [0.29, 0.717) is 17.1 Å². The summed E-state index contributed by atoms with van der Waals surface area (Å²) >= 11 is 5.78. The number of benzene rings is 1. The van der Waals surface area contributed by atoms with Crippen LogP contribution < -0.4 is 4.31 Å². The fourth-order valence-electron chi connectivity index (χ4n) is 2.12. The number of sulfonamides is 1. The van der Waals surface area contributed by atoms with Gasteiger partial charge >= 0.3 is 0 Å². The number of rotatable bonds is 5. The lowest BCUT2D eigenvalue weighted by Crippen LogP contribution is -2.27. The van der Waals surface area contributed by atoms with Crippen LogP contribution >= 0.6 is 11.6 Å². The first-order valence-corrected chi connectivity index (χ1v) is 8.57. The van der Waals surface area contributed by atoms with Crippen LogP contribution in [0.1, 0.15) is 23.9 Å². The number of nitrogens with one attached hydrogen (secondary N) is 1. The number of aryl methyl sites for hydroxylation is 2. The van der Waals surface area contributed by atoms with Crippen molar-refractivity contribution in [1.29, 1.82) is 0 Å². The predicted molar refractivity (Wildman–Crippen MR) is 84.3 cm³/mol. The van der Waals surface area contributed by atoms with Gasteiger partial charge < -0.3 is 0 Å². The van der Waals surface area contributed by atoms with Crippen molar-refractivity contribution in [2.45, 2.75) is 31.0 Å². The van der Waals surface area contributed by atoms with Gasteiger partial charge in [0.05, 0.1) is 23.0 Å². The van der Waals surface area contributed by atoms with Crippen molar-refractivity contribution in [3.05, 3.63) is 41.2 Å². The van der Waals surface area contributed by atoms with Gasteiger partial charge in [-0.15, -0.1) is 11.6 Å². The van der Waals surface area contributed by atoms with Gasteiger partial charge in [-0.25, -0.2) is 8.42 Å². The Labute approximate surface area is 130 Å². The van der Waals surface area contributed by atoms with E-state index in [0.717, 1.165) is 12.0 Å². The third kappa shape index (κ3) is 2.91. The molecule has 0 aliphatic rings. The van der Waals surface area contributed by atoms with Crippen LogP contribution in [0.5, 0.6) is 0 Å². The molecule has 1 heterocycles. The SMILES string of the molecule is CCc1ccc(N(C)S(=O)(=O)c2c(CCl)n[nH]c2C)cc1. The molecule has 0 radical (unpaired) electrons. The summed E-state index contributed by atoms with van der Waals surface area (Å²) in [5.41, 5.74) is 2.59.